The van der Waals surface area contributed by atoms with E-state index >= 15 is 0 Å². The topological polar surface area (TPSA) is 37.8 Å². The molecule has 1 saturated carbocycles. The van der Waals surface area contributed by atoms with Crippen LogP contribution in [0.3, 0.4) is 0 Å². The first-order valence-electron chi connectivity index (χ1n) is 7.12. The summed E-state index contributed by atoms with van der Waals surface area (Å²) in [5.74, 6) is 1.01. The summed E-state index contributed by atoms with van der Waals surface area (Å²) in [5, 5.41) is 2.94. The van der Waals surface area contributed by atoms with E-state index in [2.05, 4.69) is 22.2 Å². The third-order valence-corrected chi connectivity index (χ3v) is 4.27. The highest BCUT2D eigenvalue weighted by Crippen LogP contribution is 2.38. The third-order valence-electron chi connectivity index (χ3n) is 4.27. The Hall–Kier alpha value is -1.17. The van der Waals surface area contributed by atoms with E-state index < -0.39 is 11.9 Å². The van der Waals surface area contributed by atoms with Crippen LogP contribution in [0.25, 0.3) is 0 Å². The summed E-state index contributed by atoms with van der Waals surface area (Å²) >= 11 is 0. The maximum atomic E-state index is 13.1. The second-order valence-electron chi connectivity index (χ2n) is 5.93. The molecule has 0 saturated heterocycles. The van der Waals surface area contributed by atoms with Gasteiger partial charge in [0.2, 0.25) is 0 Å². The van der Waals surface area contributed by atoms with Gasteiger partial charge < -0.3 is 5.32 Å². The van der Waals surface area contributed by atoms with E-state index in [-0.39, 0.29) is 18.0 Å². The highest BCUT2D eigenvalue weighted by Gasteiger charge is 2.39. The molecule has 2 atom stereocenters. The molecule has 3 nitrogen and oxygen atoms in total. The third kappa shape index (κ3) is 2.53. The molecule has 1 aromatic rings. The van der Waals surface area contributed by atoms with E-state index in [1.807, 2.05) is 0 Å². The minimum Gasteiger partial charge on any atom is -0.307 e. The number of hydrogen-bond acceptors (Lipinski definition) is 3. The number of aromatic nitrogens is 2. The van der Waals surface area contributed by atoms with Gasteiger partial charge in [-0.15, -0.1) is 0 Å². The van der Waals surface area contributed by atoms with Gasteiger partial charge in [0.15, 0.2) is 5.69 Å². The Morgan fingerprint density at radius 3 is 2.65 bits per heavy atom. The van der Waals surface area contributed by atoms with Crippen molar-refractivity contribution in [3.05, 3.63) is 22.8 Å². The molecular formula is C14H18F3N3. The SMILES string of the molecule is CC1CCCC(c2nc3c(c(C(F)(F)F)n2)CNC3)C1. The molecule has 1 aliphatic carbocycles. The van der Waals surface area contributed by atoms with E-state index in [1.165, 1.54) is 0 Å². The van der Waals surface area contributed by atoms with E-state index in [4.69, 9.17) is 0 Å². The smallest absolute Gasteiger partial charge is 0.307 e. The lowest BCUT2D eigenvalue weighted by molar-refractivity contribution is -0.142. The first-order chi connectivity index (χ1) is 9.45. The number of nitrogens with zero attached hydrogens (tertiary/aromatic N) is 2. The Morgan fingerprint density at radius 2 is 1.95 bits per heavy atom. The number of halogens is 3. The zero-order valence-corrected chi connectivity index (χ0v) is 11.4. The van der Waals surface area contributed by atoms with Crippen LogP contribution in [0.5, 0.6) is 0 Å². The normalized spacial score (nSPS) is 26.6. The van der Waals surface area contributed by atoms with Gasteiger partial charge in [0.05, 0.1) is 5.69 Å². The van der Waals surface area contributed by atoms with E-state index in [9.17, 15) is 13.2 Å². The molecule has 0 bridgehead atoms. The maximum Gasteiger partial charge on any atom is 0.433 e. The molecule has 2 aliphatic rings. The van der Waals surface area contributed by atoms with Crippen molar-refractivity contribution in [1.29, 1.82) is 0 Å². The van der Waals surface area contributed by atoms with Gasteiger partial charge >= 0.3 is 6.18 Å². The van der Waals surface area contributed by atoms with Crippen LogP contribution in [0.4, 0.5) is 13.2 Å². The maximum absolute atomic E-state index is 13.1. The molecule has 1 aliphatic heterocycles. The van der Waals surface area contributed by atoms with Gasteiger partial charge in [-0.2, -0.15) is 13.2 Å². The summed E-state index contributed by atoms with van der Waals surface area (Å²) < 4.78 is 39.4. The standard InChI is InChI=1S/C14H18F3N3/c1-8-3-2-4-9(5-8)13-19-11-7-18-6-10(11)12(20-13)14(15,16)17/h8-9,18H,2-7H2,1H3. The van der Waals surface area contributed by atoms with Crippen LogP contribution in [0.2, 0.25) is 0 Å². The van der Waals surface area contributed by atoms with Crippen molar-refractivity contribution in [2.24, 2.45) is 5.92 Å². The molecule has 0 radical (unpaired) electrons. The van der Waals surface area contributed by atoms with E-state index in [1.54, 1.807) is 0 Å². The first kappa shape index (κ1) is 13.8. The summed E-state index contributed by atoms with van der Waals surface area (Å²) in [6.07, 6.45) is -0.410. The molecule has 6 heteroatoms. The molecule has 1 fully saturated rings. The minimum absolute atomic E-state index is 0.0748. The molecule has 0 spiro atoms. The average molecular weight is 285 g/mol. The van der Waals surface area contributed by atoms with Crippen molar-refractivity contribution in [1.82, 2.24) is 15.3 Å². The fourth-order valence-corrected chi connectivity index (χ4v) is 3.27. The number of rotatable bonds is 1. The summed E-state index contributed by atoms with van der Waals surface area (Å²) in [4.78, 5) is 8.31. The molecule has 1 N–H and O–H groups in total. The van der Waals surface area contributed by atoms with Gasteiger partial charge in [-0.3, -0.25) is 0 Å². The first-order valence-corrected chi connectivity index (χ1v) is 7.12. The molecule has 2 unspecified atom stereocenters. The predicted molar refractivity (Wildman–Crippen MR) is 68.0 cm³/mol. The average Bonchev–Trinajstić information content (AvgIpc) is 2.84. The Morgan fingerprint density at radius 1 is 1.15 bits per heavy atom. The highest BCUT2D eigenvalue weighted by atomic mass is 19.4. The van der Waals surface area contributed by atoms with Gasteiger partial charge in [0.1, 0.15) is 5.82 Å². The molecule has 0 aromatic carbocycles. The predicted octanol–water partition coefficient (Wildman–Crippen LogP) is 3.39. The van der Waals surface area contributed by atoms with Gasteiger partial charge in [-0.25, -0.2) is 9.97 Å². The minimum atomic E-state index is -4.39. The monoisotopic (exact) mass is 285 g/mol. The Balaban J connectivity index is 2.00. The Bertz CT molecular complexity index is 513. The summed E-state index contributed by atoms with van der Waals surface area (Å²) in [6, 6.07) is 0. The van der Waals surface area contributed by atoms with E-state index in [0.717, 1.165) is 25.7 Å². The number of nitrogens with one attached hydrogen (secondary N) is 1. The zero-order chi connectivity index (χ0) is 14.3. The van der Waals surface area contributed by atoms with Crippen LogP contribution in [0.1, 0.15) is 61.3 Å². The molecular weight excluding hydrogens is 267 g/mol. The molecule has 1 aromatic heterocycles. The Kier molecular flexibility index (Phi) is 3.44. The second kappa shape index (κ2) is 4.98. The van der Waals surface area contributed by atoms with Gasteiger partial charge in [0, 0.05) is 24.6 Å². The van der Waals surface area contributed by atoms with E-state index in [0.29, 0.717) is 24.0 Å². The van der Waals surface area contributed by atoms with Gasteiger partial charge in [-0.05, 0) is 18.8 Å². The number of fused-ring (bicyclic) bond motifs is 1. The fraction of sp³-hybridized carbons (Fsp3) is 0.714. The fourth-order valence-electron chi connectivity index (χ4n) is 3.27. The van der Waals surface area contributed by atoms with Crippen LogP contribution in [0, 0.1) is 5.92 Å². The molecule has 20 heavy (non-hydrogen) atoms. The zero-order valence-electron chi connectivity index (χ0n) is 11.4. The second-order valence-corrected chi connectivity index (χ2v) is 5.93. The van der Waals surface area contributed by atoms with Gasteiger partial charge in [0.25, 0.3) is 0 Å². The van der Waals surface area contributed by atoms with Crippen molar-refractivity contribution in [2.45, 2.75) is 57.8 Å². The molecule has 0 amide bonds. The number of alkyl halides is 3. The molecule has 3 rings (SSSR count). The largest absolute Gasteiger partial charge is 0.433 e. The van der Waals surface area contributed by atoms with Crippen molar-refractivity contribution in [3.63, 3.8) is 0 Å². The van der Waals surface area contributed by atoms with Gasteiger partial charge in [-0.1, -0.05) is 19.8 Å². The van der Waals surface area contributed by atoms with Crippen molar-refractivity contribution in [2.75, 3.05) is 0 Å². The van der Waals surface area contributed by atoms with Crippen LogP contribution in [0.15, 0.2) is 0 Å². The van der Waals surface area contributed by atoms with Crippen LogP contribution in [-0.2, 0) is 19.3 Å². The molecule has 110 valence electrons. The van der Waals surface area contributed by atoms with Crippen LogP contribution < -0.4 is 5.32 Å². The Labute approximate surface area is 116 Å². The van der Waals surface area contributed by atoms with Crippen molar-refractivity contribution >= 4 is 0 Å². The van der Waals surface area contributed by atoms with Crippen molar-refractivity contribution in [3.8, 4) is 0 Å². The van der Waals surface area contributed by atoms with Crippen LogP contribution >= 0.6 is 0 Å². The number of hydrogen-bond donors (Lipinski definition) is 1. The summed E-state index contributed by atoms with van der Waals surface area (Å²) in [6.45, 7) is 2.77. The lowest BCUT2D eigenvalue weighted by Gasteiger charge is -2.26. The van der Waals surface area contributed by atoms with Crippen molar-refractivity contribution < 1.29 is 13.2 Å². The lowest BCUT2D eigenvalue weighted by atomic mass is 9.82. The quantitative estimate of drug-likeness (QED) is 0.859. The highest BCUT2D eigenvalue weighted by molar-refractivity contribution is 5.31. The molecule has 2 heterocycles. The summed E-state index contributed by atoms with van der Waals surface area (Å²) in [7, 11) is 0. The summed E-state index contributed by atoms with van der Waals surface area (Å²) in [5.41, 5.74) is 0.0198. The van der Waals surface area contributed by atoms with Crippen LogP contribution in [-0.4, -0.2) is 9.97 Å². The lowest BCUT2D eigenvalue weighted by Crippen LogP contribution is -2.20.